The molecule has 0 saturated carbocycles. The molecule has 20 heavy (non-hydrogen) atoms. The maximum atomic E-state index is 12.7. The molecule has 0 N–H and O–H groups in total. The van der Waals surface area contributed by atoms with Gasteiger partial charge in [-0.2, -0.15) is 13.2 Å². The second-order valence-electron chi connectivity index (χ2n) is 4.69. The maximum Gasteiger partial charge on any atom is 0.416 e. The van der Waals surface area contributed by atoms with Crippen molar-refractivity contribution in [1.29, 1.82) is 0 Å². The summed E-state index contributed by atoms with van der Waals surface area (Å²) in [6.07, 6.45) is -0.579. The zero-order chi connectivity index (χ0) is 14.2. The average Bonchev–Trinajstić information content (AvgIpc) is 2.46. The van der Waals surface area contributed by atoms with Crippen LogP contribution in [0.25, 0.3) is 6.08 Å². The van der Waals surface area contributed by atoms with Gasteiger partial charge in [-0.3, -0.25) is 0 Å². The highest BCUT2D eigenvalue weighted by molar-refractivity contribution is 5.64. The van der Waals surface area contributed by atoms with Crippen molar-refractivity contribution in [2.24, 2.45) is 0 Å². The number of benzene rings is 2. The molecule has 0 bridgehead atoms. The second-order valence-corrected chi connectivity index (χ2v) is 4.69. The second kappa shape index (κ2) is 4.71. The number of anilines is 1. The predicted molar refractivity (Wildman–Crippen MR) is 73.1 cm³/mol. The molecule has 1 aliphatic rings. The maximum absolute atomic E-state index is 12.7. The van der Waals surface area contributed by atoms with Crippen molar-refractivity contribution in [3.05, 3.63) is 71.4 Å². The summed E-state index contributed by atoms with van der Waals surface area (Å²) in [5, 5.41) is 0. The number of hydrogen-bond acceptors (Lipinski definition) is 1. The summed E-state index contributed by atoms with van der Waals surface area (Å²) in [6.45, 7) is 0.577. The van der Waals surface area contributed by atoms with E-state index in [1.54, 1.807) is 6.07 Å². The summed E-state index contributed by atoms with van der Waals surface area (Å²) in [5.74, 6) is 0. The Morgan fingerprint density at radius 1 is 0.950 bits per heavy atom. The van der Waals surface area contributed by atoms with Crippen LogP contribution in [0, 0.1) is 0 Å². The van der Waals surface area contributed by atoms with Gasteiger partial charge >= 0.3 is 6.18 Å². The molecule has 0 radical (unpaired) electrons. The van der Waals surface area contributed by atoms with Gasteiger partial charge in [-0.1, -0.05) is 30.3 Å². The van der Waals surface area contributed by atoms with Crippen molar-refractivity contribution in [2.75, 3.05) is 4.90 Å². The van der Waals surface area contributed by atoms with Gasteiger partial charge in [-0.15, -0.1) is 0 Å². The van der Waals surface area contributed by atoms with Crippen LogP contribution in [0.5, 0.6) is 0 Å². The fourth-order valence-electron chi connectivity index (χ4n) is 2.29. The molecule has 102 valence electrons. The largest absolute Gasteiger partial charge is 0.416 e. The van der Waals surface area contributed by atoms with E-state index in [1.165, 1.54) is 12.1 Å². The van der Waals surface area contributed by atoms with Crippen LogP contribution in [0.4, 0.5) is 18.9 Å². The molecule has 1 nitrogen and oxygen atoms in total. The minimum Gasteiger partial charge on any atom is -0.344 e. The SMILES string of the molecule is FC(F)(F)c1cccc(N2C=Cc3ccccc3C2)c1. The molecule has 0 unspecified atom stereocenters. The van der Waals surface area contributed by atoms with Crippen LogP contribution in [-0.2, 0) is 12.7 Å². The minimum absolute atomic E-state index is 0.547. The number of halogens is 3. The minimum atomic E-state index is -4.31. The Hall–Kier alpha value is -2.23. The Bertz CT molecular complexity index is 659. The Labute approximate surface area is 115 Å². The van der Waals surface area contributed by atoms with E-state index in [-0.39, 0.29) is 0 Å². The molecule has 2 aromatic carbocycles. The summed E-state index contributed by atoms with van der Waals surface area (Å²) >= 11 is 0. The first-order chi connectivity index (χ1) is 9.54. The standard InChI is InChI=1S/C16H12F3N/c17-16(18,19)14-6-3-7-15(10-14)20-9-8-12-4-1-2-5-13(12)11-20/h1-10H,11H2. The number of rotatable bonds is 1. The van der Waals surface area contributed by atoms with Crippen molar-refractivity contribution in [3.8, 4) is 0 Å². The molecule has 1 aliphatic heterocycles. The summed E-state index contributed by atoms with van der Waals surface area (Å²) < 4.78 is 38.2. The van der Waals surface area contributed by atoms with Gasteiger partial charge in [0.2, 0.25) is 0 Å². The van der Waals surface area contributed by atoms with Gasteiger partial charge in [-0.25, -0.2) is 0 Å². The third-order valence-corrected chi connectivity index (χ3v) is 3.33. The Kier molecular flexibility index (Phi) is 3.01. The zero-order valence-electron chi connectivity index (χ0n) is 10.6. The first-order valence-electron chi connectivity index (χ1n) is 6.24. The van der Waals surface area contributed by atoms with Crippen LogP contribution in [0.1, 0.15) is 16.7 Å². The molecule has 4 heteroatoms. The van der Waals surface area contributed by atoms with Crippen molar-refractivity contribution in [2.45, 2.75) is 12.7 Å². The molecular formula is C16H12F3N. The zero-order valence-corrected chi connectivity index (χ0v) is 10.6. The number of nitrogens with zero attached hydrogens (tertiary/aromatic N) is 1. The fraction of sp³-hybridized carbons (Fsp3) is 0.125. The average molecular weight is 275 g/mol. The Morgan fingerprint density at radius 3 is 2.55 bits per heavy atom. The van der Waals surface area contributed by atoms with Gasteiger partial charge in [0.05, 0.1) is 5.56 Å². The van der Waals surface area contributed by atoms with E-state index in [0.29, 0.717) is 12.2 Å². The third-order valence-electron chi connectivity index (χ3n) is 3.33. The third kappa shape index (κ3) is 2.41. The number of hydrogen-bond donors (Lipinski definition) is 0. The molecule has 0 fully saturated rings. The van der Waals surface area contributed by atoms with Crippen LogP contribution >= 0.6 is 0 Å². The van der Waals surface area contributed by atoms with Crippen molar-refractivity contribution >= 4 is 11.8 Å². The normalized spacial score (nSPS) is 14.2. The molecule has 0 saturated heterocycles. The summed E-state index contributed by atoms with van der Waals surface area (Å²) in [5.41, 5.74) is 2.14. The molecule has 1 heterocycles. The quantitative estimate of drug-likeness (QED) is 0.729. The van der Waals surface area contributed by atoms with E-state index >= 15 is 0 Å². The van der Waals surface area contributed by atoms with Gasteiger partial charge in [0.15, 0.2) is 0 Å². The van der Waals surface area contributed by atoms with Gasteiger partial charge in [0.25, 0.3) is 0 Å². The monoisotopic (exact) mass is 275 g/mol. The van der Waals surface area contributed by atoms with Gasteiger partial charge in [0, 0.05) is 18.4 Å². The van der Waals surface area contributed by atoms with E-state index in [1.807, 2.05) is 41.4 Å². The highest BCUT2D eigenvalue weighted by Gasteiger charge is 2.30. The highest BCUT2D eigenvalue weighted by Crippen LogP contribution is 2.33. The van der Waals surface area contributed by atoms with E-state index in [0.717, 1.165) is 17.2 Å². The molecular weight excluding hydrogens is 263 g/mol. The van der Waals surface area contributed by atoms with Crippen molar-refractivity contribution in [3.63, 3.8) is 0 Å². The van der Waals surface area contributed by atoms with Crippen molar-refractivity contribution in [1.82, 2.24) is 0 Å². The van der Waals surface area contributed by atoms with Gasteiger partial charge in [0.1, 0.15) is 0 Å². The molecule has 0 aliphatic carbocycles. The summed E-state index contributed by atoms with van der Waals surface area (Å²) in [4.78, 5) is 1.82. The lowest BCUT2D eigenvalue weighted by molar-refractivity contribution is -0.137. The summed E-state index contributed by atoms with van der Waals surface area (Å²) in [7, 11) is 0. The van der Waals surface area contributed by atoms with Crippen LogP contribution in [-0.4, -0.2) is 0 Å². The lowest BCUT2D eigenvalue weighted by atomic mass is 10.0. The highest BCUT2D eigenvalue weighted by atomic mass is 19.4. The molecule has 0 amide bonds. The molecule has 0 spiro atoms. The fourth-order valence-corrected chi connectivity index (χ4v) is 2.29. The number of fused-ring (bicyclic) bond motifs is 1. The van der Waals surface area contributed by atoms with Crippen LogP contribution in [0.2, 0.25) is 0 Å². The van der Waals surface area contributed by atoms with E-state index in [2.05, 4.69) is 0 Å². The molecule has 0 aromatic heterocycles. The molecule has 3 rings (SSSR count). The van der Waals surface area contributed by atoms with Crippen molar-refractivity contribution < 1.29 is 13.2 Å². The summed E-state index contributed by atoms with van der Waals surface area (Å²) in [6, 6.07) is 13.3. The number of alkyl halides is 3. The van der Waals surface area contributed by atoms with Crippen LogP contribution in [0.15, 0.2) is 54.7 Å². The first kappa shape index (κ1) is 12.8. The topological polar surface area (TPSA) is 3.24 Å². The Morgan fingerprint density at radius 2 is 1.75 bits per heavy atom. The van der Waals surface area contributed by atoms with E-state index < -0.39 is 11.7 Å². The van der Waals surface area contributed by atoms with E-state index in [9.17, 15) is 13.2 Å². The Balaban J connectivity index is 1.93. The van der Waals surface area contributed by atoms with Crippen LogP contribution in [0.3, 0.4) is 0 Å². The molecule has 2 aromatic rings. The molecule has 0 atom stereocenters. The van der Waals surface area contributed by atoms with Crippen LogP contribution < -0.4 is 4.90 Å². The first-order valence-corrected chi connectivity index (χ1v) is 6.24. The lowest BCUT2D eigenvalue weighted by Crippen LogP contribution is -2.19. The smallest absolute Gasteiger partial charge is 0.344 e. The lowest BCUT2D eigenvalue weighted by Gasteiger charge is -2.26. The van der Waals surface area contributed by atoms with Gasteiger partial charge < -0.3 is 4.90 Å². The van der Waals surface area contributed by atoms with Gasteiger partial charge in [-0.05, 0) is 35.4 Å². The van der Waals surface area contributed by atoms with E-state index in [4.69, 9.17) is 0 Å². The predicted octanol–water partition coefficient (Wildman–Crippen LogP) is 4.70.